The second-order valence-corrected chi connectivity index (χ2v) is 12.5. The first-order valence-electron chi connectivity index (χ1n) is 13.4. The van der Waals surface area contributed by atoms with Crippen LogP contribution < -0.4 is 19.8 Å². The number of alkyl halides is 3. The SMILES string of the molecule is COc1ccccc1C1c2sc(=O)n(CC(=O)Nc3cccc(C)c3)c2SC2C(=O)N(c3cccc(C(F)(F)F)c3)C(=O)C21. The summed E-state index contributed by atoms with van der Waals surface area (Å²) in [5, 5.41) is 2.06. The van der Waals surface area contributed by atoms with Crippen LogP contribution >= 0.6 is 23.1 Å². The molecule has 1 N–H and O–H groups in total. The summed E-state index contributed by atoms with van der Waals surface area (Å²) in [6, 6.07) is 18.1. The van der Waals surface area contributed by atoms with E-state index in [0.717, 1.165) is 51.8 Å². The fraction of sp³-hybridized carbons (Fsp3) is 0.226. The van der Waals surface area contributed by atoms with Gasteiger partial charge in [0.25, 0.3) is 0 Å². The van der Waals surface area contributed by atoms with Gasteiger partial charge in [0.2, 0.25) is 17.7 Å². The Balaban J connectivity index is 1.44. The molecule has 3 amide bonds. The number of hydrogen-bond acceptors (Lipinski definition) is 7. The van der Waals surface area contributed by atoms with Crippen molar-refractivity contribution in [1.29, 1.82) is 0 Å². The van der Waals surface area contributed by atoms with Gasteiger partial charge in [0, 0.05) is 22.0 Å². The minimum absolute atomic E-state index is 0.193. The van der Waals surface area contributed by atoms with Gasteiger partial charge < -0.3 is 10.1 Å². The van der Waals surface area contributed by atoms with Crippen molar-refractivity contribution < 1.29 is 32.3 Å². The number of methoxy groups -OCH3 is 1. The molecule has 0 radical (unpaired) electrons. The number of aromatic nitrogens is 1. The number of ether oxygens (including phenoxy) is 1. The van der Waals surface area contributed by atoms with E-state index in [1.54, 1.807) is 42.5 Å². The maximum Gasteiger partial charge on any atom is 0.416 e. The molecule has 3 unspecified atom stereocenters. The number of carbonyl (C=O) groups excluding carboxylic acids is 3. The molecule has 8 nitrogen and oxygen atoms in total. The number of thiazole rings is 1. The minimum atomic E-state index is -4.68. The van der Waals surface area contributed by atoms with Crippen molar-refractivity contribution >= 4 is 52.2 Å². The molecule has 6 rings (SSSR count). The summed E-state index contributed by atoms with van der Waals surface area (Å²) in [6.45, 7) is 1.53. The summed E-state index contributed by atoms with van der Waals surface area (Å²) < 4.78 is 47.4. The highest BCUT2D eigenvalue weighted by atomic mass is 32.2. The van der Waals surface area contributed by atoms with Crippen LogP contribution in [0.3, 0.4) is 0 Å². The number of carbonyl (C=O) groups is 3. The Kier molecular flexibility index (Phi) is 7.62. The van der Waals surface area contributed by atoms with E-state index in [-0.39, 0.29) is 12.2 Å². The molecule has 2 aliphatic heterocycles. The lowest BCUT2D eigenvalue weighted by molar-refractivity contribution is -0.137. The molecule has 13 heteroatoms. The molecule has 3 atom stereocenters. The fourth-order valence-electron chi connectivity index (χ4n) is 5.66. The lowest BCUT2D eigenvalue weighted by Crippen LogP contribution is -2.33. The van der Waals surface area contributed by atoms with Crippen molar-refractivity contribution in [1.82, 2.24) is 4.57 Å². The molecule has 1 saturated heterocycles. The number of para-hydroxylation sites is 1. The van der Waals surface area contributed by atoms with Gasteiger partial charge in [-0.1, -0.05) is 59.5 Å². The van der Waals surface area contributed by atoms with E-state index in [0.29, 0.717) is 26.9 Å². The van der Waals surface area contributed by atoms with Crippen LogP contribution in [0.1, 0.15) is 27.5 Å². The molecule has 0 saturated carbocycles. The second-order valence-electron chi connectivity index (χ2n) is 10.4. The third-order valence-electron chi connectivity index (χ3n) is 7.56. The van der Waals surface area contributed by atoms with Crippen LogP contribution in [0.15, 0.2) is 82.6 Å². The van der Waals surface area contributed by atoms with Gasteiger partial charge in [0.05, 0.1) is 29.3 Å². The predicted molar refractivity (Wildman–Crippen MR) is 160 cm³/mol. The van der Waals surface area contributed by atoms with Gasteiger partial charge in [-0.2, -0.15) is 13.2 Å². The zero-order valence-electron chi connectivity index (χ0n) is 23.3. The molecule has 3 heterocycles. The van der Waals surface area contributed by atoms with E-state index >= 15 is 0 Å². The number of aryl methyl sites for hydroxylation is 1. The molecule has 0 spiro atoms. The number of nitrogens with zero attached hydrogens (tertiary/aromatic N) is 2. The number of imide groups is 1. The number of fused-ring (bicyclic) bond motifs is 2. The largest absolute Gasteiger partial charge is 0.496 e. The molecule has 1 aromatic heterocycles. The van der Waals surface area contributed by atoms with Gasteiger partial charge in [-0.25, -0.2) is 4.90 Å². The molecular formula is C31H24F3N3O5S2. The van der Waals surface area contributed by atoms with Gasteiger partial charge in [-0.05, 0) is 48.9 Å². The number of halogens is 3. The van der Waals surface area contributed by atoms with Crippen LogP contribution in [-0.2, 0) is 27.1 Å². The van der Waals surface area contributed by atoms with E-state index in [2.05, 4.69) is 5.32 Å². The number of benzene rings is 3. The Hall–Kier alpha value is -4.36. The van der Waals surface area contributed by atoms with E-state index in [4.69, 9.17) is 4.74 Å². The summed E-state index contributed by atoms with van der Waals surface area (Å²) in [5.74, 6) is -3.31. The number of nitrogens with one attached hydrogen (secondary N) is 1. The molecule has 2 aliphatic rings. The zero-order chi connectivity index (χ0) is 31.3. The van der Waals surface area contributed by atoms with Crippen molar-refractivity contribution in [2.75, 3.05) is 17.3 Å². The molecule has 0 aliphatic carbocycles. The molecule has 226 valence electrons. The minimum Gasteiger partial charge on any atom is -0.496 e. The lowest BCUT2D eigenvalue weighted by atomic mass is 9.82. The van der Waals surface area contributed by atoms with Gasteiger partial charge in [0.1, 0.15) is 17.5 Å². The number of hydrogen-bond donors (Lipinski definition) is 1. The standard InChI is InChI=1S/C31H24F3N3O5S2/c1-16-7-5-9-18(13-16)35-22(38)15-36-29-26(44-30(36)41)23(20-11-3-4-12-21(20)42-2)24-25(43-29)28(40)37(27(24)39)19-10-6-8-17(14-19)31(32,33)34/h3-14,23-25H,15H2,1-2H3,(H,35,38). The molecule has 3 aromatic carbocycles. The lowest BCUT2D eigenvalue weighted by Gasteiger charge is -2.31. The summed E-state index contributed by atoms with van der Waals surface area (Å²) >= 11 is 1.84. The highest BCUT2D eigenvalue weighted by molar-refractivity contribution is 8.00. The third-order valence-corrected chi connectivity index (χ3v) is 10.2. The molecule has 1 fully saturated rings. The zero-order valence-corrected chi connectivity index (χ0v) is 24.9. The first-order chi connectivity index (χ1) is 21.0. The monoisotopic (exact) mass is 639 g/mol. The van der Waals surface area contributed by atoms with E-state index < -0.39 is 51.4 Å². The third kappa shape index (κ3) is 5.19. The maximum atomic E-state index is 14.0. The molecule has 4 aromatic rings. The Labute approximate surface area is 257 Å². The normalized spacial score (nSPS) is 19.5. The van der Waals surface area contributed by atoms with Crippen molar-refractivity contribution in [2.45, 2.75) is 35.8 Å². The summed E-state index contributed by atoms with van der Waals surface area (Å²) in [7, 11) is 1.45. The number of thioether (sulfide) groups is 1. The van der Waals surface area contributed by atoms with Gasteiger partial charge in [-0.3, -0.25) is 23.7 Å². The highest BCUT2D eigenvalue weighted by Crippen LogP contribution is 2.55. The molecule has 44 heavy (non-hydrogen) atoms. The number of anilines is 2. The first kappa shape index (κ1) is 29.7. The summed E-state index contributed by atoms with van der Waals surface area (Å²) in [6.07, 6.45) is -4.68. The molecule has 0 bridgehead atoms. The predicted octanol–water partition coefficient (Wildman–Crippen LogP) is 5.68. The Morgan fingerprint density at radius 1 is 0.977 bits per heavy atom. The second kappa shape index (κ2) is 11.3. The topological polar surface area (TPSA) is 97.7 Å². The summed E-state index contributed by atoms with van der Waals surface area (Å²) in [4.78, 5) is 55.1. The smallest absolute Gasteiger partial charge is 0.416 e. The quantitative estimate of drug-likeness (QED) is 0.273. The summed E-state index contributed by atoms with van der Waals surface area (Å²) in [5.41, 5.74) is 0.842. The number of amides is 3. The number of rotatable bonds is 6. The van der Waals surface area contributed by atoms with Crippen LogP contribution in [0.5, 0.6) is 5.75 Å². The average molecular weight is 640 g/mol. The Morgan fingerprint density at radius 3 is 2.45 bits per heavy atom. The van der Waals surface area contributed by atoms with Gasteiger partial charge in [-0.15, -0.1) is 0 Å². The fourth-order valence-corrected chi connectivity index (χ4v) is 8.42. The molecular weight excluding hydrogens is 615 g/mol. The Bertz CT molecular complexity index is 1870. The van der Waals surface area contributed by atoms with Crippen molar-refractivity contribution in [3.63, 3.8) is 0 Å². The van der Waals surface area contributed by atoms with Crippen molar-refractivity contribution in [2.24, 2.45) is 5.92 Å². The highest BCUT2D eigenvalue weighted by Gasteiger charge is 2.57. The van der Waals surface area contributed by atoms with Gasteiger partial charge in [0.15, 0.2) is 0 Å². The first-order valence-corrected chi connectivity index (χ1v) is 15.1. The van der Waals surface area contributed by atoms with Crippen LogP contribution in [0, 0.1) is 12.8 Å². The van der Waals surface area contributed by atoms with Crippen molar-refractivity contribution in [3.8, 4) is 5.75 Å². The van der Waals surface area contributed by atoms with Gasteiger partial charge >= 0.3 is 11.0 Å². The van der Waals surface area contributed by atoms with Crippen LogP contribution in [0.4, 0.5) is 24.5 Å². The van der Waals surface area contributed by atoms with Crippen LogP contribution in [0.25, 0.3) is 0 Å². The maximum absolute atomic E-state index is 14.0. The average Bonchev–Trinajstić information content (AvgIpc) is 3.42. The van der Waals surface area contributed by atoms with Crippen LogP contribution in [0.2, 0.25) is 0 Å². The van der Waals surface area contributed by atoms with Crippen molar-refractivity contribution in [3.05, 3.63) is 104 Å². The van der Waals surface area contributed by atoms with E-state index in [1.807, 2.05) is 13.0 Å². The van der Waals surface area contributed by atoms with E-state index in [1.165, 1.54) is 17.7 Å². The Morgan fingerprint density at radius 2 is 1.73 bits per heavy atom. The van der Waals surface area contributed by atoms with E-state index in [9.17, 15) is 32.3 Å². The van der Waals surface area contributed by atoms with Crippen LogP contribution in [-0.4, -0.2) is 34.6 Å².